The minimum absolute atomic E-state index is 0.155. The highest BCUT2D eigenvalue weighted by Crippen LogP contribution is 2.31. The highest BCUT2D eigenvalue weighted by atomic mass is 32.1. The first-order valence-corrected chi connectivity index (χ1v) is 11.5. The summed E-state index contributed by atoms with van der Waals surface area (Å²) in [6.45, 7) is 5.85. The van der Waals surface area contributed by atoms with E-state index in [1.807, 2.05) is 69.3 Å². The molecule has 0 fully saturated rings. The van der Waals surface area contributed by atoms with Gasteiger partial charge in [-0.2, -0.15) is 10.2 Å². The van der Waals surface area contributed by atoms with Crippen molar-refractivity contribution in [2.24, 2.45) is 0 Å². The molecule has 0 atom stereocenters. The van der Waals surface area contributed by atoms with Crippen LogP contribution in [-0.2, 0) is 0 Å². The number of hydrogen-bond donors (Lipinski definition) is 0. The van der Waals surface area contributed by atoms with E-state index in [1.54, 1.807) is 12.3 Å². The van der Waals surface area contributed by atoms with E-state index in [0.717, 1.165) is 26.9 Å². The zero-order valence-corrected chi connectivity index (χ0v) is 19.7. The molecule has 0 aliphatic rings. The van der Waals surface area contributed by atoms with Crippen LogP contribution < -0.4 is 10.3 Å². The summed E-state index contributed by atoms with van der Waals surface area (Å²) in [7, 11) is 0. The van der Waals surface area contributed by atoms with E-state index in [2.05, 4.69) is 11.1 Å². The maximum absolute atomic E-state index is 13.6. The van der Waals surface area contributed by atoms with Crippen LogP contribution in [-0.4, -0.2) is 14.4 Å². The van der Waals surface area contributed by atoms with Crippen molar-refractivity contribution >= 4 is 38.8 Å². The van der Waals surface area contributed by atoms with Crippen LogP contribution in [0.25, 0.3) is 27.5 Å². The summed E-state index contributed by atoms with van der Waals surface area (Å²) in [5, 5.41) is 10.5. The van der Waals surface area contributed by atoms with Crippen molar-refractivity contribution in [2.75, 3.05) is 0 Å². The number of fused-ring (bicyclic) bond motifs is 2. The number of ether oxygens (including phenoxy) is 1. The molecule has 5 aromatic rings. The van der Waals surface area contributed by atoms with Gasteiger partial charge < -0.3 is 4.74 Å². The van der Waals surface area contributed by atoms with Crippen molar-refractivity contribution in [1.82, 2.24) is 14.4 Å². The molecule has 5 rings (SSSR count). The topological polar surface area (TPSA) is 80.3 Å². The summed E-state index contributed by atoms with van der Waals surface area (Å²) < 4.78 is 8.65. The fourth-order valence-electron chi connectivity index (χ4n) is 3.71. The zero-order valence-electron chi connectivity index (χ0n) is 18.9. The maximum atomic E-state index is 13.6. The second kappa shape index (κ2) is 8.58. The minimum Gasteiger partial charge on any atom is -0.438 e. The first-order valence-electron chi connectivity index (χ1n) is 10.7. The highest BCUT2D eigenvalue weighted by Gasteiger charge is 2.18. The van der Waals surface area contributed by atoms with Gasteiger partial charge in [0, 0.05) is 6.20 Å². The Morgan fingerprint density at radius 2 is 1.82 bits per heavy atom. The van der Waals surface area contributed by atoms with E-state index < -0.39 is 0 Å². The lowest BCUT2D eigenvalue weighted by atomic mass is 10.1. The van der Waals surface area contributed by atoms with Crippen LogP contribution in [0.2, 0.25) is 0 Å². The van der Waals surface area contributed by atoms with Gasteiger partial charge in [0.1, 0.15) is 28.0 Å². The summed E-state index contributed by atoms with van der Waals surface area (Å²) in [4.78, 5) is 22.8. The third kappa shape index (κ3) is 3.74. The first-order chi connectivity index (χ1) is 16.5. The molecule has 34 heavy (non-hydrogen) atoms. The van der Waals surface area contributed by atoms with Gasteiger partial charge in [-0.05, 0) is 67.8 Å². The number of para-hydroxylation sites is 1. The third-order valence-corrected chi connectivity index (χ3v) is 6.81. The van der Waals surface area contributed by atoms with E-state index >= 15 is 0 Å². The van der Waals surface area contributed by atoms with Crippen molar-refractivity contribution in [3.63, 3.8) is 0 Å². The third-order valence-electron chi connectivity index (χ3n) is 5.74. The molecule has 0 amide bonds. The fraction of sp³-hybridized carbons (Fsp3) is 0.111. The maximum Gasteiger partial charge on any atom is 0.269 e. The lowest BCUT2D eigenvalue weighted by Gasteiger charge is -2.13. The Bertz CT molecular complexity index is 1670. The number of allylic oxidation sites excluding steroid dienone is 1. The number of nitrogens with zero attached hydrogens (tertiary/aromatic N) is 4. The van der Waals surface area contributed by atoms with Crippen molar-refractivity contribution < 1.29 is 4.74 Å². The van der Waals surface area contributed by atoms with Gasteiger partial charge in [-0.1, -0.05) is 30.3 Å². The standard InChI is InChI=1S/C27H20N4O2S/c1-16-8-6-11-22(18(16)3)33-25-20(27(32)31-13-7-9-17(2)24(31)30-25)14-19(15-28)26-29-21-10-4-5-12-23(21)34-26/h4-14H,1-3H3. The molecule has 7 heteroatoms. The number of hydrogen-bond acceptors (Lipinski definition) is 6. The van der Waals surface area contributed by atoms with Gasteiger partial charge >= 0.3 is 0 Å². The molecule has 0 aliphatic carbocycles. The van der Waals surface area contributed by atoms with Crippen molar-refractivity contribution in [1.29, 1.82) is 5.26 Å². The van der Waals surface area contributed by atoms with Crippen LogP contribution in [0.5, 0.6) is 11.6 Å². The Morgan fingerprint density at radius 3 is 2.62 bits per heavy atom. The predicted octanol–water partition coefficient (Wildman–Crippen LogP) is 6.09. The monoisotopic (exact) mass is 464 g/mol. The lowest BCUT2D eigenvalue weighted by Crippen LogP contribution is -2.19. The normalized spacial score (nSPS) is 11.6. The second-order valence-corrected chi connectivity index (χ2v) is 9.01. The summed E-state index contributed by atoms with van der Waals surface area (Å²) in [5.74, 6) is 0.764. The molecule has 166 valence electrons. The smallest absolute Gasteiger partial charge is 0.269 e. The molecule has 0 spiro atoms. The molecule has 0 N–H and O–H groups in total. The van der Waals surface area contributed by atoms with Crippen molar-refractivity contribution in [3.8, 4) is 17.7 Å². The molecular formula is C27H20N4O2S. The Hall–Kier alpha value is -4.28. The van der Waals surface area contributed by atoms with E-state index in [0.29, 0.717) is 16.4 Å². The Morgan fingerprint density at radius 1 is 1.03 bits per heavy atom. The Labute approximate surface area is 200 Å². The van der Waals surface area contributed by atoms with Crippen LogP contribution in [0.15, 0.2) is 65.6 Å². The average Bonchev–Trinajstić information content (AvgIpc) is 3.27. The fourth-order valence-corrected chi connectivity index (χ4v) is 4.64. The van der Waals surface area contributed by atoms with E-state index in [1.165, 1.54) is 21.8 Å². The molecule has 0 bridgehead atoms. The van der Waals surface area contributed by atoms with Crippen molar-refractivity contribution in [3.05, 3.63) is 98.4 Å². The van der Waals surface area contributed by atoms with Gasteiger partial charge in [0.25, 0.3) is 5.56 Å². The number of pyridine rings is 1. The average molecular weight is 465 g/mol. The molecule has 0 unspecified atom stereocenters. The number of benzene rings is 2. The summed E-state index contributed by atoms with van der Waals surface area (Å²) in [6, 6.07) is 19.3. The van der Waals surface area contributed by atoms with Crippen LogP contribution >= 0.6 is 11.3 Å². The molecule has 6 nitrogen and oxygen atoms in total. The number of rotatable bonds is 4. The largest absolute Gasteiger partial charge is 0.438 e. The summed E-state index contributed by atoms with van der Waals surface area (Å²) in [5.41, 5.74) is 4.32. The molecular weight excluding hydrogens is 444 g/mol. The number of thiazole rings is 1. The van der Waals surface area contributed by atoms with E-state index in [4.69, 9.17) is 9.72 Å². The van der Waals surface area contributed by atoms with Crippen LogP contribution in [0.1, 0.15) is 27.3 Å². The van der Waals surface area contributed by atoms with E-state index in [-0.39, 0.29) is 22.6 Å². The Kier molecular flexibility index (Phi) is 5.44. The first kappa shape index (κ1) is 21.6. The zero-order chi connectivity index (χ0) is 23.8. The molecule has 0 saturated heterocycles. The molecule has 2 aromatic carbocycles. The quantitative estimate of drug-likeness (QED) is 0.301. The van der Waals surface area contributed by atoms with Gasteiger partial charge in [-0.3, -0.25) is 9.20 Å². The van der Waals surface area contributed by atoms with Gasteiger partial charge in [-0.25, -0.2) is 4.98 Å². The van der Waals surface area contributed by atoms with Crippen LogP contribution in [0.3, 0.4) is 0 Å². The summed E-state index contributed by atoms with van der Waals surface area (Å²) in [6.07, 6.45) is 3.20. The number of nitriles is 1. The second-order valence-electron chi connectivity index (χ2n) is 7.98. The van der Waals surface area contributed by atoms with Gasteiger partial charge in [0.15, 0.2) is 0 Å². The molecule has 3 heterocycles. The van der Waals surface area contributed by atoms with Crippen LogP contribution in [0.4, 0.5) is 0 Å². The number of aromatic nitrogens is 3. The predicted molar refractivity (Wildman–Crippen MR) is 135 cm³/mol. The van der Waals surface area contributed by atoms with Gasteiger partial charge in [-0.15, -0.1) is 11.3 Å². The minimum atomic E-state index is -0.317. The van der Waals surface area contributed by atoms with Crippen molar-refractivity contribution in [2.45, 2.75) is 20.8 Å². The number of aryl methyl sites for hydroxylation is 2. The van der Waals surface area contributed by atoms with E-state index in [9.17, 15) is 10.1 Å². The molecule has 3 aromatic heterocycles. The van der Waals surface area contributed by atoms with Gasteiger partial charge in [0.05, 0.1) is 15.8 Å². The molecule has 0 saturated carbocycles. The van der Waals surface area contributed by atoms with Gasteiger partial charge in [0.2, 0.25) is 5.88 Å². The SMILES string of the molecule is Cc1cccc(Oc2nc3c(C)cccn3c(=O)c2C=C(C#N)c2nc3ccccc3s2)c1C. The highest BCUT2D eigenvalue weighted by molar-refractivity contribution is 7.19. The summed E-state index contributed by atoms with van der Waals surface area (Å²) >= 11 is 1.40. The Balaban J connectivity index is 1.75. The molecule has 0 aliphatic heterocycles. The lowest BCUT2D eigenvalue weighted by molar-refractivity contribution is 0.457. The molecule has 0 radical (unpaired) electrons. The van der Waals surface area contributed by atoms with Crippen LogP contribution in [0, 0.1) is 32.1 Å².